The molecule has 33 heavy (non-hydrogen) atoms. The molecule has 1 aliphatic rings. The first kappa shape index (κ1) is 24.5. The average molecular weight is 471 g/mol. The van der Waals surface area contributed by atoms with Crippen LogP contribution in [0.2, 0.25) is 0 Å². The van der Waals surface area contributed by atoms with Crippen LogP contribution < -0.4 is 9.64 Å². The number of benzene rings is 2. The minimum atomic E-state index is -4.79. The van der Waals surface area contributed by atoms with Gasteiger partial charge in [-0.25, -0.2) is 0 Å². The predicted molar refractivity (Wildman–Crippen MR) is 113 cm³/mol. The SMILES string of the molecule is FC(F)(F)CCCN(CC1=CCCC(OC(F)(F)F)=C1)c1cccc(Oc2ccccc2)c1. The Morgan fingerprint density at radius 3 is 2.30 bits per heavy atom. The summed E-state index contributed by atoms with van der Waals surface area (Å²) >= 11 is 0. The Balaban J connectivity index is 1.78. The van der Waals surface area contributed by atoms with Gasteiger partial charge in [-0.15, -0.1) is 13.2 Å². The number of rotatable bonds is 9. The molecule has 0 N–H and O–H groups in total. The molecule has 2 aromatic carbocycles. The van der Waals surface area contributed by atoms with Crippen LogP contribution in [-0.2, 0) is 4.74 Å². The normalized spacial score (nSPS) is 14.4. The van der Waals surface area contributed by atoms with Crippen LogP contribution in [0.3, 0.4) is 0 Å². The van der Waals surface area contributed by atoms with E-state index in [1.165, 1.54) is 6.08 Å². The average Bonchev–Trinajstić information content (AvgIpc) is 2.72. The summed E-state index contributed by atoms with van der Waals surface area (Å²) < 4.78 is 85.7. The minimum Gasteiger partial charge on any atom is -0.457 e. The second-order valence-electron chi connectivity index (χ2n) is 7.53. The highest BCUT2D eigenvalue weighted by Gasteiger charge is 2.32. The van der Waals surface area contributed by atoms with Crippen LogP contribution in [0.1, 0.15) is 25.7 Å². The number of hydrogen-bond acceptors (Lipinski definition) is 3. The molecule has 3 nitrogen and oxygen atoms in total. The van der Waals surface area contributed by atoms with Crippen molar-refractivity contribution in [3.8, 4) is 11.5 Å². The molecule has 0 aromatic heterocycles. The van der Waals surface area contributed by atoms with Gasteiger partial charge in [0.05, 0.1) is 0 Å². The zero-order valence-electron chi connectivity index (χ0n) is 17.6. The molecule has 1 aliphatic carbocycles. The van der Waals surface area contributed by atoms with Gasteiger partial charge in [0, 0.05) is 37.7 Å². The Bertz CT molecular complexity index is 967. The molecule has 0 saturated heterocycles. The molecular formula is C24H23F6NO2. The lowest BCUT2D eigenvalue weighted by Gasteiger charge is -2.27. The first-order valence-corrected chi connectivity index (χ1v) is 10.4. The summed E-state index contributed by atoms with van der Waals surface area (Å²) in [6.45, 7) is 0.201. The van der Waals surface area contributed by atoms with Crippen LogP contribution in [0.25, 0.3) is 0 Å². The molecule has 0 aliphatic heterocycles. The van der Waals surface area contributed by atoms with Gasteiger partial charge < -0.3 is 14.4 Å². The number of allylic oxidation sites excluding steroid dienone is 2. The molecule has 3 rings (SSSR count). The summed E-state index contributed by atoms with van der Waals surface area (Å²) in [4.78, 5) is 1.70. The van der Waals surface area contributed by atoms with E-state index in [-0.39, 0.29) is 31.7 Å². The van der Waals surface area contributed by atoms with Gasteiger partial charge in [-0.3, -0.25) is 0 Å². The molecule has 0 fully saturated rings. The van der Waals surface area contributed by atoms with Crippen molar-refractivity contribution in [2.75, 3.05) is 18.0 Å². The standard InChI is InChI=1S/C24H23F6NO2/c25-23(26,27)13-6-14-31(17-18-7-4-12-22(15-18)33-24(28,29)30)19-8-5-11-21(16-19)32-20-9-2-1-3-10-20/h1-3,5,7-11,15-16H,4,6,12-14,17H2. The maximum absolute atomic E-state index is 12.7. The van der Waals surface area contributed by atoms with Gasteiger partial charge in [-0.05, 0) is 48.8 Å². The Kier molecular flexibility index (Phi) is 7.94. The second-order valence-corrected chi connectivity index (χ2v) is 7.53. The third-order valence-electron chi connectivity index (χ3n) is 4.81. The van der Waals surface area contributed by atoms with E-state index in [0.29, 0.717) is 29.2 Å². The fraction of sp³-hybridized carbons (Fsp3) is 0.333. The fourth-order valence-electron chi connectivity index (χ4n) is 3.44. The van der Waals surface area contributed by atoms with Crippen LogP contribution in [-0.4, -0.2) is 25.6 Å². The molecule has 0 radical (unpaired) electrons. The van der Waals surface area contributed by atoms with Crippen molar-refractivity contribution >= 4 is 5.69 Å². The summed E-state index contributed by atoms with van der Waals surface area (Å²) in [5.41, 5.74) is 1.14. The largest absolute Gasteiger partial charge is 0.572 e. The molecule has 0 spiro atoms. The first-order valence-electron chi connectivity index (χ1n) is 10.4. The summed E-state index contributed by atoms with van der Waals surface area (Å²) in [7, 11) is 0. The topological polar surface area (TPSA) is 21.7 Å². The van der Waals surface area contributed by atoms with Crippen molar-refractivity contribution in [1.29, 1.82) is 0 Å². The maximum atomic E-state index is 12.7. The highest BCUT2D eigenvalue weighted by atomic mass is 19.4. The molecular weight excluding hydrogens is 448 g/mol. The zero-order valence-corrected chi connectivity index (χ0v) is 17.6. The molecule has 0 bridgehead atoms. The van der Waals surface area contributed by atoms with Crippen molar-refractivity contribution in [2.24, 2.45) is 0 Å². The molecule has 0 unspecified atom stereocenters. The molecule has 0 amide bonds. The van der Waals surface area contributed by atoms with Crippen LogP contribution in [0, 0.1) is 0 Å². The number of anilines is 1. The monoisotopic (exact) mass is 471 g/mol. The van der Waals surface area contributed by atoms with E-state index in [1.54, 1.807) is 47.4 Å². The lowest BCUT2D eigenvalue weighted by Crippen LogP contribution is -2.28. The van der Waals surface area contributed by atoms with Crippen molar-refractivity contribution in [1.82, 2.24) is 0 Å². The molecule has 0 saturated carbocycles. The van der Waals surface area contributed by atoms with E-state index in [1.807, 2.05) is 18.2 Å². The van der Waals surface area contributed by atoms with Crippen molar-refractivity contribution in [2.45, 2.75) is 38.2 Å². The summed E-state index contributed by atoms with van der Waals surface area (Å²) in [5, 5.41) is 0. The maximum Gasteiger partial charge on any atom is 0.572 e. The van der Waals surface area contributed by atoms with Crippen molar-refractivity contribution in [3.63, 3.8) is 0 Å². The van der Waals surface area contributed by atoms with Gasteiger partial charge in [0.1, 0.15) is 17.3 Å². The van der Waals surface area contributed by atoms with E-state index < -0.39 is 19.0 Å². The smallest absolute Gasteiger partial charge is 0.457 e. The van der Waals surface area contributed by atoms with Gasteiger partial charge >= 0.3 is 12.5 Å². The van der Waals surface area contributed by atoms with Crippen LogP contribution in [0.5, 0.6) is 11.5 Å². The molecule has 178 valence electrons. The lowest BCUT2D eigenvalue weighted by molar-refractivity contribution is -0.306. The molecule has 0 atom stereocenters. The van der Waals surface area contributed by atoms with Crippen molar-refractivity contribution in [3.05, 3.63) is 78.1 Å². The lowest BCUT2D eigenvalue weighted by atomic mass is 10.0. The van der Waals surface area contributed by atoms with Crippen molar-refractivity contribution < 1.29 is 35.8 Å². The number of halogens is 6. The van der Waals surface area contributed by atoms with Crippen LogP contribution in [0.15, 0.2) is 78.1 Å². The van der Waals surface area contributed by atoms with Crippen LogP contribution in [0.4, 0.5) is 32.0 Å². The van der Waals surface area contributed by atoms with Gasteiger partial charge in [-0.1, -0.05) is 30.3 Å². The first-order chi connectivity index (χ1) is 15.6. The summed E-state index contributed by atoms with van der Waals surface area (Å²) in [6.07, 6.45) is -6.66. The van der Waals surface area contributed by atoms with E-state index in [2.05, 4.69) is 4.74 Å². The molecule has 0 heterocycles. The van der Waals surface area contributed by atoms with E-state index >= 15 is 0 Å². The number of hydrogen-bond donors (Lipinski definition) is 0. The highest BCUT2D eigenvalue weighted by molar-refractivity contribution is 5.53. The Morgan fingerprint density at radius 2 is 1.61 bits per heavy atom. The van der Waals surface area contributed by atoms with Gasteiger partial charge in [0.15, 0.2) is 0 Å². The highest BCUT2D eigenvalue weighted by Crippen LogP contribution is 2.30. The minimum absolute atomic E-state index is 0.0644. The Hall–Kier alpha value is -3.10. The number of ether oxygens (including phenoxy) is 2. The number of para-hydroxylation sites is 1. The summed E-state index contributed by atoms with van der Waals surface area (Å²) in [6, 6.07) is 15.9. The quantitative estimate of drug-likeness (QED) is 0.349. The zero-order chi connectivity index (χ0) is 23.9. The van der Waals surface area contributed by atoms with E-state index in [0.717, 1.165) is 0 Å². The fourth-order valence-corrected chi connectivity index (χ4v) is 3.44. The van der Waals surface area contributed by atoms with E-state index in [4.69, 9.17) is 4.74 Å². The van der Waals surface area contributed by atoms with Gasteiger partial charge in [0.2, 0.25) is 0 Å². The molecule has 9 heteroatoms. The third-order valence-corrected chi connectivity index (χ3v) is 4.81. The van der Waals surface area contributed by atoms with Gasteiger partial charge in [-0.2, -0.15) is 13.2 Å². The Labute approximate surface area is 187 Å². The third kappa shape index (κ3) is 8.75. The Morgan fingerprint density at radius 1 is 0.879 bits per heavy atom. The molecule has 2 aromatic rings. The van der Waals surface area contributed by atoms with Gasteiger partial charge in [0.25, 0.3) is 0 Å². The number of alkyl halides is 6. The van der Waals surface area contributed by atoms with Crippen LogP contribution >= 0.6 is 0 Å². The van der Waals surface area contributed by atoms with E-state index in [9.17, 15) is 26.3 Å². The number of nitrogens with zero attached hydrogens (tertiary/aromatic N) is 1. The summed E-state index contributed by atoms with van der Waals surface area (Å²) in [5.74, 6) is 0.885. The predicted octanol–water partition coefficient (Wildman–Crippen LogP) is 7.77. The second kappa shape index (κ2) is 10.7.